The first-order valence-electron chi connectivity index (χ1n) is 9.39. The van der Waals surface area contributed by atoms with Gasteiger partial charge in [-0.15, -0.1) is 0 Å². The van der Waals surface area contributed by atoms with Gasteiger partial charge >= 0.3 is 0 Å². The second-order valence-corrected chi connectivity index (χ2v) is 6.49. The number of para-hydroxylation sites is 1. The lowest BCUT2D eigenvalue weighted by Gasteiger charge is -2.10. The fourth-order valence-corrected chi connectivity index (χ4v) is 2.89. The van der Waals surface area contributed by atoms with Gasteiger partial charge in [0, 0.05) is 23.7 Å². The quantitative estimate of drug-likeness (QED) is 0.441. The third kappa shape index (κ3) is 4.13. The lowest BCUT2D eigenvalue weighted by atomic mass is 10.1. The van der Waals surface area contributed by atoms with Crippen LogP contribution in [0.1, 0.15) is 17.1 Å². The van der Waals surface area contributed by atoms with Crippen LogP contribution in [0, 0.1) is 13.8 Å². The third-order valence-corrected chi connectivity index (χ3v) is 4.58. The minimum absolute atomic E-state index is 0.0382. The molecule has 0 saturated carbocycles. The summed E-state index contributed by atoms with van der Waals surface area (Å²) in [4.78, 5) is 21.6. The lowest BCUT2D eigenvalue weighted by molar-refractivity contribution is 0.234. The van der Waals surface area contributed by atoms with Crippen molar-refractivity contribution in [2.45, 2.75) is 20.5 Å². The van der Waals surface area contributed by atoms with Crippen LogP contribution in [0.3, 0.4) is 0 Å². The Bertz CT molecular complexity index is 1200. The molecule has 158 valence electrons. The lowest BCUT2D eigenvalue weighted by Crippen LogP contribution is -2.04. The van der Waals surface area contributed by atoms with E-state index in [2.05, 4.69) is 30.1 Å². The van der Waals surface area contributed by atoms with Gasteiger partial charge in [-0.05, 0) is 26.0 Å². The summed E-state index contributed by atoms with van der Waals surface area (Å²) in [5.74, 6) is 2.59. The molecule has 0 bridgehead atoms. The Labute approximate surface area is 178 Å². The smallest absolute Gasteiger partial charge is 0.264 e. The summed E-state index contributed by atoms with van der Waals surface area (Å²) < 4.78 is 22.0. The van der Waals surface area contributed by atoms with Gasteiger partial charge in [0.05, 0.1) is 26.0 Å². The van der Waals surface area contributed by atoms with Crippen LogP contribution in [-0.4, -0.2) is 44.3 Å². The van der Waals surface area contributed by atoms with Crippen LogP contribution in [0.25, 0.3) is 22.9 Å². The summed E-state index contributed by atoms with van der Waals surface area (Å²) in [6, 6.07) is 5.44. The summed E-state index contributed by atoms with van der Waals surface area (Å²) in [6.07, 6.45) is 4.77. The van der Waals surface area contributed by atoms with E-state index in [9.17, 15) is 0 Å². The van der Waals surface area contributed by atoms with Crippen LogP contribution in [0.5, 0.6) is 17.4 Å². The van der Waals surface area contributed by atoms with Crippen LogP contribution in [0.2, 0.25) is 0 Å². The molecule has 4 aromatic rings. The molecule has 0 saturated heterocycles. The molecule has 0 fully saturated rings. The largest absolute Gasteiger partial charge is 0.493 e. The molecule has 0 aliphatic heterocycles. The maximum absolute atomic E-state index is 5.87. The van der Waals surface area contributed by atoms with Crippen molar-refractivity contribution in [2.75, 3.05) is 14.2 Å². The topological polar surface area (TPSA) is 118 Å². The van der Waals surface area contributed by atoms with E-state index in [0.717, 1.165) is 11.3 Å². The number of rotatable bonds is 7. The average Bonchev–Trinajstić information content (AvgIpc) is 3.28. The molecule has 3 aromatic heterocycles. The number of methoxy groups -OCH3 is 2. The van der Waals surface area contributed by atoms with E-state index in [1.54, 1.807) is 38.9 Å². The van der Waals surface area contributed by atoms with Crippen molar-refractivity contribution in [3.05, 3.63) is 53.9 Å². The Morgan fingerprint density at radius 2 is 1.84 bits per heavy atom. The summed E-state index contributed by atoms with van der Waals surface area (Å²) in [7, 11) is 3.12. The third-order valence-electron chi connectivity index (χ3n) is 4.58. The molecule has 10 nitrogen and oxygen atoms in total. The Morgan fingerprint density at radius 1 is 0.968 bits per heavy atom. The van der Waals surface area contributed by atoms with Crippen LogP contribution in [0.15, 0.2) is 41.3 Å². The number of benzene rings is 1. The van der Waals surface area contributed by atoms with Gasteiger partial charge in [0.2, 0.25) is 11.7 Å². The first-order chi connectivity index (χ1) is 15.1. The van der Waals surface area contributed by atoms with Gasteiger partial charge in [0.25, 0.3) is 5.89 Å². The first kappa shape index (κ1) is 20.2. The Morgan fingerprint density at radius 3 is 2.58 bits per heavy atom. The molecule has 0 amide bonds. The summed E-state index contributed by atoms with van der Waals surface area (Å²) in [6.45, 7) is 3.80. The van der Waals surface area contributed by atoms with E-state index in [1.807, 2.05) is 26.0 Å². The van der Waals surface area contributed by atoms with Crippen molar-refractivity contribution in [1.29, 1.82) is 0 Å². The number of aryl methyl sites for hydroxylation is 1. The Hall–Kier alpha value is -4.08. The number of hydrogen-bond acceptors (Lipinski definition) is 10. The van der Waals surface area contributed by atoms with E-state index in [-0.39, 0.29) is 12.5 Å². The number of ether oxygens (including phenoxy) is 3. The molecule has 0 aliphatic rings. The van der Waals surface area contributed by atoms with Crippen molar-refractivity contribution >= 4 is 0 Å². The molecule has 0 radical (unpaired) electrons. The molecular weight excluding hydrogens is 400 g/mol. The van der Waals surface area contributed by atoms with Crippen molar-refractivity contribution in [3.63, 3.8) is 0 Å². The molecule has 1 aromatic carbocycles. The standard InChI is InChI=1S/C21H20N6O4/c1-12-13(2)24-20(15-10-22-8-9-23-15)26-21(12)30-11-17-25-19(27-31-17)14-6-5-7-16(28-3)18(14)29-4/h5-10H,11H2,1-4H3. The van der Waals surface area contributed by atoms with E-state index in [0.29, 0.717) is 40.3 Å². The molecule has 4 rings (SSSR count). The van der Waals surface area contributed by atoms with Gasteiger partial charge in [0.1, 0.15) is 5.69 Å². The van der Waals surface area contributed by atoms with E-state index in [4.69, 9.17) is 18.7 Å². The molecule has 3 heterocycles. The van der Waals surface area contributed by atoms with Gasteiger partial charge in [-0.1, -0.05) is 11.2 Å². The van der Waals surface area contributed by atoms with Crippen LogP contribution in [0.4, 0.5) is 0 Å². The minimum Gasteiger partial charge on any atom is -0.493 e. The van der Waals surface area contributed by atoms with Crippen LogP contribution in [-0.2, 0) is 6.61 Å². The van der Waals surface area contributed by atoms with Gasteiger partial charge in [-0.3, -0.25) is 4.98 Å². The first-order valence-corrected chi connectivity index (χ1v) is 9.39. The van der Waals surface area contributed by atoms with Gasteiger partial charge in [-0.2, -0.15) is 9.97 Å². The fraction of sp³-hybridized carbons (Fsp3) is 0.238. The van der Waals surface area contributed by atoms with Crippen molar-refractivity contribution in [1.82, 2.24) is 30.1 Å². The number of hydrogen-bond donors (Lipinski definition) is 0. The zero-order valence-corrected chi connectivity index (χ0v) is 17.5. The predicted octanol–water partition coefficient (Wildman–Crippen LogP) is 3.20. The van der Waals surface area contributed by atoms with E-state index < -0.39 is 0 Å². The van der Waals surface area contributed by atoms with Crippen LogP contribution >= 0.6 is 0 Å². The molecule has 0 atom stereocenters. The SMILES string of the molecule is COc1cccc(-c2noc(COc3nc(-c4cnccn4)nc(C)c3C)n2)c1OC. The minimum atomic E-state index is 0.0382. The number of nitrogens with zero attached hydrogens (tertiary/aromatic N) is 6. The molecular formula is C21H20N6O4. The highest BCUT2D eigenvalue weighted by Crippen LogP contribution is 2.36. The second-order valence-electron chi connectivity index (χ2n) is 6.49. The van der Waals surface area contributed by atoms with Crippen molar-refractivity contribution < 1.29 is 18.7 Å². The zero-order valence-electron chi connectivity index (χ0n) is 17.5. The molecule has 0 N–H and O–H groups in total. The molecule has 31 heavy (non-hydrogen) atoms. The van der Waals surface area contributed by atoms with E-state index in [1.165, 1.54) is 0 Å². The summed E-state index contributed by atoms with van der Waals surface area (Å²) in [5.41, 5.74) is 2.79. The maximum Gasteiger partial charge on any atom is 0.264 e. The molecule has 10 heteroatoms. The Balaban J connectivity index is 1.57. The highest BCUT2D eigenvalue weighted by molar-refractivity contribution is 5.68. The van der Waals surface area contributed by atoms with Gasteiger partial charge in [0.15, 0.2) is 23.9 Å². The monoisotopic (exact) mass is 420 g/mol. The van der Waals surface area contributed by atoms with Crippen molar-refractivity contribution in [2.24, 2.45) is 0 Å². The molecule has 0 spiro atoms. The summed E-state index contributed by atoms with van der Waals surface area (Å²) in [5, 5.41) is 4.04. The number of aromatic nitrogens is 6. The van der Waals surface area contributed by atoms with Crippen molar-refractivity contribution in [3.8, 4) is 40.3 Å². The fourth-order valence-electron chi connectivity index (χ4n) is 2.89. The second kappa shape index (κ2) is 8.74. The van der Waals surface area contributed by atoms with E-state index >= 15 is 0 Å². The maximum atomic E-state index is 5.87. The van der Waals surface area contributed by atoms with Gasteiger partial charge in [-0.25, -0.2) is 9.97 Å². The average molecular weight is 420 g/mol. The zero-order chi connectivity index (χ0) is 21.8. The Kier molecular flexibility index (Phi) is 5.69. The van der Waals surface area contributed by atoms with Crippen LogP contribution < -0.4 is 14.2 Å². The molecule has 0 unspecified atom stereocenters. The summed E-state index contributed by atoms with van der Waals surface area (Å²) >= 11 is 0. The highest BCUT2D eigenvalue weighted by Gasteiger charge is 2.18. The normalized spacial score (nSPS) is 10.7. The van der Waals surface area contributed by atoms with Gasteiger partial charge < -0.3 is 18.7 Å². The predicted molar refractivity (Wildman–Crippen MR) is 110 cm³/mol. The highest BCUT2D eigenvalue weighted by atomic mass is 16.5. The molecule has 0 aliphatic carbocycles.